The molecule has 1 aliphatic rings. The zero-order valence-electron chi connectivity index (χ0n) is 9.44. The van der Waals surface area contributed by atoms with Gasteiger partial charge in [0.2, 0.25) is 0 Å². The summed E-state index contributed by atoms with van der Waals surface area (Å²) in [5.74, 6) is 5.27. The molecule has 3 nitrogen and oxygen atoms in total. The van der Waals surface area contributed by atoms with Crippen LogP contribution < -0.4 is 11.3 Å². The molecule has 0 saturated heterocycles. The van der Waals surface area contributed by atoms with E-state index >= 15 is 0 Å². The second-order valence-corrected chi connectivity index (χ2v) is 4.46. The number of hydrogen-bond donors (Lipinski definition) is 2. The molecule has 16 heavy (non-hydrogen) atoms. The lowest BCUT2D eigenvalue weighted by Crippen LogP contribution is -2.47. The second-order valence-electron chi connectivity index (χ2n) is 4.46. The number of nitrogens with two attached hydrogens (primary N) is 1. The van der Waals surface area contributed by atoms with Crippen LogP contribution in [0.5, 0.6) is 0 Å². The first-order valence-electron chi connectivity index (χ1n) is 5.49. The van der Waals surface area contributed by atoms with Gasteiger partial charge in [-0.05, 0) is 32.1 Å². The maximum absolute atomic E-state index is 12.1. The highest BCUT2D eigenvalue weighted by Crippen LogP contribution is 2.39. The van der Waals surface area contributed by atoms with Crippen molar-refractivity contribution in [3.63, 3.8) is 0 Å². The van der Waals surface area contributed by atoms with Crippen LogP contribution in [-0.4, -0.2) is 24.9 Å². The first-order chi connectivity index (χ1) is 7.41. The molecule has 3 N–H and O–H groups in total. The number of methoxy groups -OCH3 is 1. The van der Waals surface area contributed by atoms with Gasteiger partial charge in [0.05, 0.1) is 5.60 Å². The summed E-state index contributed by atoms with van der Waals surface area (Å²) in [6, 6.07) is -0.332. The molecule has 1 rings (SSSR count). The van der Waals surface area contributed by atoms with Gasteiger partial charge in [-0.15, -0.1) is 0 Å². The van der Waals surface area contributed by atoms with Crippen LogP contribution in [0.15, 0.2) is 0 Å². The van der Waals surface area contributed by atoms with Crippen LogP contribution in [0.3, 0.4) is 0 Å². The van der Waals surface area contributed by atoms with Gasteiger partial charge in [0.15, 0.2) is 0 Å². The van der Waals surface area contributed by atoms with Crippen molar-refractivity contribution >= 4 is 0 Å². The molecule has 0 aromatic rings. The van der Waals surface area contributed by atoms with E-state index < -0.39 is 12.6 Å². The Morgan fingerprint density at radius 2 is 2.06 bits per heavy atom. The van der Waals surface area contributed by atoms with Crippen LogP contribution in [-0.2, 0) is 4.74 Å². The largest absolute Gasteiger partial charge is 0.389 e. The van der Waals surface area contributed by atoms with Crippen molar-refractivity contribution in [3.8, 4) is 0 Å². The van der Waals surface area contributed by atoms with E-state index in [1.54, 1.807) is 7.11 Å². The highest BCUT2D eigenvalue weighted by molar-refractivity contribution is 4.92. The van der Waals surface area contributed by atoms with E-state index in [4.69, 9.17) is 10.6 Å². The fourth-order valence-corrected chi connectivity index (χ4v) is 2.09. The van der Waals surface area contributed by atoms with Crippen molar-refractivity contribution in [1.82, 2.24) is 5.43 Å². The minimum atomic E-state index is -4.12. The normalized spacial score (nSPS) is 21.6. The smallest absolute Gasteiger partial charge is 0.378 e. The molecule has 6 heteroatoms. The standard InChI is InChI=1S/C10H19F3N2O/c1-16-9(4-2-5-9)7-8(15-14)3-6-10(11,12)13/h8,15H,2-7,14H2,1H3. The third-order valence-corrected chi connectivity index (χ3v) is 3.33. The Hall–Kier alpha value is -0.330. The van der Waals surface area contributed by atoms with Gasteiger partial charge in [-0.3, -0.25) is 11.3 Å². The van der Waals surface area contributed by atoms with Gasteiger partial charge in [0.25, 0.3) is 0 Å². The second kappa shape index (κ2) is 5.33. The number of nitrogens with one attached hydrogen (secondary N) is 1. The Kier molecular flexibility index (Phi) is 4.58. The van der Waals surface area contributed by atoms with E-state index in [9.17, 15) is 13.2 Å². The SMILES string of the molecule is COC1(CC(CCC(F)(F)F)NN)CCC1. The van der Waals surface area contributed by atoms with Crippen LogP contribution in [0.25, 0.3) is 0 Å². The topological polar surface area (TPSA) is 47.3 Å². The predicted octanol–water partition coefficient (Wildman–Crippen LogP) is 2.12. The van der Waals surface area contributed by atoms with Gasteiger partial charge in [-0.2, -0.15) is 13.2 Å². The molecule has 0 bridgehead atoms. The lowest BCUT2D eigenvalue weighted by Gasteiger charge is -2.42. The van der Waals surface area contributed by atoms with E-state index in [0.717, 1.165) is 19.3 Å². The molecule has 1 saturated carbocycles. The molecule has 1 aliphatic carbocycles. The summed E-state index contributed by atoms with van der Waals surface area (Å²) in [6.45, 7) is 0. The van der Waals surface area contributed by atoms with Crippen molar-refractivity contribution in [2.75, 3.05) is 7.11 Å². The molecule has 0 radical (unpaired) electrons. The van der Waals surface area contributed by atoms with E-state index in [1.807, 2.05) is 0 Å². The quantitative estimate of drug-likeness (QED) is 0.552. The number of ether oxygens (including phenoxy) is 1. The minimum Gasteiger partial charge on any atom is -0.378 e. The maximum atomic E-state index is 12.1. The molecular weight excluding hydrogens is 221 g/mol. The Morgan fingerprint density at radius 1 is 1.44 bits per heavy atom. The van der Waals surface area contributed by atoms with Gasteiger partial charge in [-0.1, -0.05) is 0 Å². The van der Waals surface area contributed by atoms with Gasteiger partial charge < -0.3 is 4.74 Å². The molecule has 0 aromatic carbocycles. The molecule has 96 valence electrons. The molecule has 0 aliphatic heterocycles. The molecule has 0 amide bonds. The van der Waals surface area contributed by atoms with E-state index in [1.165, 1.54) is 0 Å². The van der Waals surface area contributed by atoms with Crippen LogP contribution in [0, 0.1) is 0 Å². The number of rotatable bonds is 6. The summed E-state index contributed by atoms with van der Waals surface area (Å²) in [5.41, 5.74) is 2.21. The van der Waals surface area contributed by atoms with Crippen molar-refractivity contribution in [1.29, 1.82) is 0 Å². The summed E-state index contributed by atoms with van der Waals surface area (Å²) in [7, 11) is 1.61. The first-order valence-corrected chi connectivity index (χ1v) is 5.49. The Labute approximate surface area is 93.5 Å². The summed E-state index contributed by atoms with van der Waals surface area (Å²) in [5, 5.41) is 0. The van der Waals surface area contributed by atoms with Crippen LogP contribution in [0.1, 0.15) is 38.5 Å². The zero-order valence-corrected chi connectivity index (χ0v) is 9.44. The van der Waals surface area contributed by atoms with E-state index in [2.05, 4.69) is 5.43 Å². The minimum absolute atomic E-state index is 0.00507. The molecule has 1 unspecified atom stereocenters. The fourth-order valence-electron chi connectivity index (χ4n) is 2.09. The van der Waals surface area contributed by atoms with Gasteiger partial charge in [0.1, 0.15) is 0 Å². The Morgan fingerprint density at radius 3 is 2.38 bits per heavy atom. The molecule has 0 heterocycles. The van der Waals surface area contributed by atoms with Crippen molar-refractivity contribution < 1.29 is 17.9 Å². The molecular formula is C10H19F3N2O. The fraction of sp³-hybridized carbons (Fsp3) is 1.00. The monoisotopic (exact) mass is 240 g/mol. The Balaban J connectivity index is 2.36. The first kappa shape index (κ1) is 13.7. The number of alkyl halides is 3. The zero-order chi connectivity index (χ0) is 12.2. The third-order valence-electron chi connectivity index (χ3n) is 3.33. The Bertz CT molecular complexity index is 211. The summed E-state index contributed by atoms with van der Waals surface area (Å²) >= 11 is 0. The van der Waals surface area contributed by atoms with Gasteiger partial charge >= 0.3 is 6.18 Å². The van der Waals surface area contributed by atoms with Crippen LogP contribution in [0.4, 0.5) is 13.2 Å². The maximum Gasteiger partial charge on any atom is 0.389 e. The molecule has 0 spiro atoms. The van der Waals surface area contributed by atoms with Gasteiger partial charge in [-0.25, -0.2) is 0 Å². The van der Waals surface area contributed by atoms with E-state index in [-0.39, 0.29) is 18.1 Å². The van der Waals surface area contributed by atoms with Gasteiger partial charge in [0, 0.05) is 19.6 Å². The predicted molar refractivity (Wildman–Crippen MR) is 54.6 cm³/mol. The summed E-state index contributed by atoms with van der Waals surface area (Å²) in [6.07, 6.45) is -1.47. The van der Waals surface area contributed by atoms with Crippen molar-refractivity contribution in [2.24, 2.45) is 5.84 Å². The molecule has 0 aromatic heterocycles. The van der Waals surface area contributed by atoms with Crippen LogP contribution in [0.2, 0.25) is 0 Å². The van der Waals surface area contributed by atoms with Crippen molar-refractivity contribution in [3.05, 3.63) is 0 Å². The molecule has 1 atom stereocenters. The summed E-state index contributed by atoms with van der Waals surface area (Å²) < 4.78 is 41.6. The van der Waals surface area contributed by atoms with Crippen molar-refractivity contribution in [2.45, 2.75) is 56.3 Å². The number of hydrazine groups is 1. The third kappa shape index (κ3) is 3.92. The number of hydrogen-bond acceptors (Lipinski definition) is 3. The summed E-state index contributed by atoms with van der Waals surface area (Å²) in [4.78, 5) is 0. The van der Waals surface area contributed by atoms with Crippen LogP contribution >= 0.6 is 0 Å². The highest BCUT2D eigenvalue weighted by Gasteiger charge is 2.39. The lowest BCUT2D eigenvalue weighted by molar-refractivity contribution is -0.139. The average Bonchev–Trinajstić information content (AvgIpc) is 2.15. The highest BCUT2D eigenvalue weighted by atomic mass is 19.4. The van der Waals surface area contributed by atoms with E-state index in [0.29, 0.717) is 6.42 Å². The molecule has 1 fully saturated rings. The lowest BCUT2D eigenvalue weighted by atomic mass is 9.75. The number of halogens is 3. The average molecular weight is 240 g/mol.